The van der Waals surface area contributed by atoms with Gasteiger partial charge in [-0.1, -0.05) is 6.07 Å². The molecule has 2 aromatic carbocycles. The Kier molecular flexibility index (Phi) is 6.71. The third kappa shape index (κ3) is 5.17. The van der Waals surface area contributed by atoms with Crippen LogP contribution in [0.15, 0.2) is 42.5 Å². The molecule has 0 radical (unpaired) electrons. The minimum absolute atomic E-state index is 0.152. The number of anilines is 1. The van der Waals surface area contributed by atoms with E-state index in [2.05, 4.69) is 10.1 Å². The molecule has 2 rings (SSSR count). The number of methoxy groups -OCH3 is 1. The Morgan fingerprint density at radius 2 is 1.59 bits per heavy atom. The number of nitrogens with one attached hydrogen (secondary N) is 1. The summed E-state index contributed by atoms with van der Waals surface area (Å²) in [4.78, 5) is 37.3. The standard InChI is InChI=1S/C21H24N2O4/c1-14-5-6-18(13-15(14)2)20(25)22-11-12-23(16(3)24)19-9-7-17(8-10-19)21(26)27-4/h5-10,13H,11-12H2,1-4H3,(H,22,25). The van der Waals surface area contributed by atoms with E-state index in [1.54, 1.807) is 35.2 Å². The van der Waals surface area contributed by atoms with Gasteiger partial charge in [0, 0.05) is 31.3 Å². The summed E-state index contributed by atoms with van der Waals surface area (Å²) < 4.78 is 4.67. The molecule has 0 spiro atoms. The monoisotopic (exact) mass is 368 g/mol. The molecule has 2 amide bonds. The van der Waals surface area contributed by atoms with Crippen LogP contribution in [0.25, 0.3) is 0 Å². The van der Waals surface area contributed by atoms with Gasteiger partial charge in [0.05, 0.1) is 12.7 Å². The average Bonchev–Trinajstić information content (AvgIpc) is 2.66. The Balaban J connectivity index is 2.00. The summed E-state index contributed by atoms with van der Waals surface area (Å²) in [6.45, 7) is 6.04. The molecule has 0 fully saturated rings. The molecule has 0 atom stereocenters. The molecule has 0 aliphatic carbocycles. The highest BCUT2D eigenvalue weighted by molar-refractivity contribution is 5.95. The van der Waals surface area contributed by atoms with Crippen LogP contribution >= 0.6 is 0 Å². The molecule has 0 aliphatic rings. The molecule has 0 aliphatic heterocycles. The lowest BCUT2D eigenvalue weighted by Crippen LogP contribution is -2.37. The first-order valence-electron chi connectivity index (χ1n) is 8.65. The van der Waals surface area contributed by atoms with Gasteiger partial charge in [-0.2, -0.15) is 0 Å². The molecule has 27 heavy (non-hydrogen) atoms. The fraction of sp³-hybridized carbons (Fsp3) is 0.286. The van der Waals surface area contributed by atoms with Gasteiger partial charge >= 0.3 is 5.97 Å². The zero-order chi connectivity index (χ0) is 20.0. The number of hydrogen-bond donors (Lipinski definition) is 1. The predicted octanol–water partition coefficient (Wildman–Crippen LogP) is 2.87. The number of aryl methyl sites for hydroxylation is 2. The van der Waals surface area contributed by atoms with Gasteiger partial charge in [0.2, 0.25) is 5.91 Å². The van der Waals surface area contributed by atoms with Gasteiger partial charge in [-0.05, 0) is 61.4 Å². The molecule has 0 bridgehead atoms. The van der Waals surface area contributed by atoms with Crippen LogP contribution in [0, 0.1) is 13.8 Å². The van der Waals surface area contributed by atoms with Crippen LogP contribution in [0.3, 0.4) is 0 Å². The fourth-order valence-corrected chi connectivity index (χ4v) is 2.63. The lowest BCUT2D eigenvalue weighted by atomic mass is 10.1. The molecule has 1 N–H and O–H groups in total. The number of rotatable bonds is 6. The number of carbonyl (C=O) groups is 3. The van der Waals surface area contributed by atoms with E-state index in [0.29, 0.717) is 29.9 Å². The van der Waals surface area contributed by atoms with Crippen LogP contribution < -0.4 is 10.2 Å². The predicted molar refractivity (Wildman–Crippen MR) is 104 cm³/mol. The molecular weight excluding hydrogens is 344 g/mol. The lowest BCUT2D eigenvalue weighted by molar-refractivity contribution is -0.116. The van der Waals surface area contributed by atoms with Gasteiger partial charge in [-0.3, -0.25) is 9.59 Å². The lowest BCUT2D eigenvalue weighted by Gasteiger charge is -2.21. The first-order chi connectivity index (χ1) is 12.8. The molecule has 0 saturated carbocycles. The Hall–Kier alpha value is -3.15. The highest BCUT2D eigenvalue weighted by atomic mass is 16.5. The van der Waals surface area contributed by atoms with Crippen LogP contribution in [0.1, 0.15) is 38.8 Å². The Labute approximate surface area is 159 Å². The summed E-state index contributed by atoms with van der Waals surface area (Å²) in [5.41, 5.74) is 3.83. The van der Waals surface area contributed by atoms with Crippen molar-refractivity contribution in [3.05, 3.63) is 64.7 Å². The molecule has 0 heterocycles. The van der Waals surface area contributed by atoms with Crippen molar-refractivity contribution in [3.63, 3.8) is 0 Å². The van der Waals surface area contributed by atoms with E-state index in [1.807, 2.05) is 26.0 Å². The maximum absolute atomic E-state index is 12.3. The van der Waals surface area contributed by atoms with Gasteiger partial charge in [-0.15, -0.1) is 0 Å². The van der Waals surface area contributed by atoms with E-state index in [9.17, 15) is 14.4 Å². The van der Waals surface area contributed by atoms with Crippen molar-refractivity contribution < 1.29 is 19.1 Å². The van der Waals surface area contributed by atoms with E-state index < -0.39 is 5.97 Å². The van der Waals surface area contributed by atoms with Crippen molar-refractivity contribution in [3.8, 4) is 0 Å². The minimum atomic E-state index is -0.434. The molecule has 0 aromatic heterocycles. The molecule has 6 heteroatoms. The highest BCUT2D eigenvalue weighted by Crippen LogP contribution is 2.16. The van der Waals surface area contributed by atoms with Crippen molar-refractivity contribution in [1.82, 2.24) is 5.32 Å². The van der Waals surface area contributed by atoms with Gasteiger partial charge < -0.3 is 15.0 Å². The van der Waals surface area contributed by atoms with Gasteiger partial charge in [-0.25, -0.2) is 4.79 Å². The van der Waals surface area contributed by atoms with E-state index in [0.717, 1.165) is 11.1 Å². The zero-order valence-corrected chi connectivity index (χ0v) is 16.0. The molecule has 6 nitrogen and oxygen atoms in total. The first-order valence-corrected chi connectivity index (χ1v) is 8.65. The zero-order valence-electron chi connectivity index (χ0n) is 16.0. The van der Waals surface area contributed by atoms with Crippen molar-refractivity contribution >= 4 is 23.5 Å². The second-order valence-electron chi connectivity index (χ2n) is 6.26. The van der Waals surface area contributed by atoms with Crippen LogP contribution in [0.5, 0.6) is 0 Å². The third-order valence-corrected chi connectivity index (χ3v) is 4.37. The summed E-state index contributed by atoms with van der Waals surface area (Å²) in [5, 5.41) is 2.83. The van der Waals surface area contributed by atoms with E-state index in [4.69, 9.17) is 0 Å². The fourth-order valence-electron chi connectivity index (χ4n) is 2.63. The Morgan fingerprint density at radius 1 is 0.963 bits per heavy atom. The molecular formula is C21H24N2O4. The topological polar surface area (TPSA) is 75.7 Å². The van der Waals surface area contributed by atoms with Crippen LogP contribution in [0.2, 0.25) is 0 Å². The number of nitrogens with zero attached hydrogens (tertiary/aromatic N) is 1. The number of esters is 1. The number of hydrogen-bond acceptors (Lipinski definition) is 4. The van der Waals surface area contributed by atoms with Crippen molar-refractivity contribution in [1.29, 1.82) is 0 Å². The van der Waals surface area contributed by atoms with E-state index in [1.165, 1.54) is 14.0 Å². The van der Waals surface area contributed by atoms with E-state index in [-0.39, 0.29) is 11.8 Å². The summed E-state index contributed by atoms with van der Waals surface area (Å²) in [7, 11) is 1.32. The maximum Gasteiger partial charge on any atom is 0.337 e. The highest BCUT2D eigenvalue weighted by Gasteiger charge is 2.14. The Bertz CT molecular complexity index is 844. The van der Waals surface area contributed by atoms with Crippen molar-refractivity contribution in [2.24, 2.45) is 0 Å². The second-order valence-corrected chi connectivity index (χ2v) is 6.26. The first kappa shape index (κ1) is 20.2. The number of carbonyl (C=O) groups excluding carboxylic acids is 3. The minimum Gasteiger partial charge on any atom is -0.465 e. The number of benzene rings is 2. The van der Waals surface area contributed by atoms with Crippen molar-refractivity contribution in [2.75, 3.05) is 25.1 Å². The maximum atomic E-state index is 12.3. The molecule has 0 saturated heterocycles. The summed E-state index contributed by atoms with van der Waals surface area (Å²) in [6, 6.07) is 12.1. The van der Waals surface area contributed by atoms with Gasteiger partial charge in [0.25, 0.3) is 5.91 Å². The summed E-state index contributed by atoms with van der Waals surface area (Å²) >= 11 is 0. The summed E-state index contributed by atoms with van der Waals surface area (Å²) in [6.07, 6.45) is 0. The van der Waals surface area contributed by atoms with Crippen LogP contribution in [0.4, 0.5) is 5.69 Å². The SMILES string of the molecule is COC(=O)c1ccc(N(CCNC(=O)c2ccc(C)c(C)c2)C(C)=O)cc1. The second kappa shape index (κ2) is 8.98. The number of ether oxygens (including phenoxy) is 1. The average molecular weight is 368 g/mol. The largest absolute Gasteiger partial charge is 0.465 e. The third-order valence-electron chi connectivity index (χ3n) is 4.37. The van der Waals surface area contributed by atoms with Crippen LogP contribution in [-0.4, -0.2) is 38.0 Å². The van der Waals surface area contributed by atoms with Gasteiger partial charge in [0.15, 0.2) is 0 Å². The number of amides is 2. The normalized spacial score (nSPS) is 10.2. The van der Waals surface area contributed by atoms with Crippen LogP contribution in [-0.2, 0) is 9.53 Å². The van der Waals surface area contributed by atoms with E-state index >= 15 is 0 Å². The van der Waals surface area contributed by atoms with Crippen molar-refractivity contribution in [2.45, 2.75) is 20.8 Å². The van der Waals surface area contributed by atoms with Gasteiger partial charge in [0.1, 0.15) is 0 Å². The molecule has 0 unspecified atom stereocenters. The molecule has 2 aromatic rings. The molecule has 142 valence electrons. The smallest absolute Gasteiger partial charge is 0.337 e. The quantitative estimate of drug-likeness (QED) is 0.796. The Morgan fingerprint density at radius 3 is 2.15 bits per heavy atom. The summed E-state index contributed by atoms with van der Waals surface area (Å²) in [5.74, 6) is -0.763.